The molecule has 0 unspecified atom stereocenters. The second-order valence-electron chi connectivity index (χ2n) is 7.66. The van der Waals surface area contributed by atoms with Crippen molar-refractivity contribution in [3.63, 3.8) is 0 Å². The highest BCUT2D eigenvalue weighted by Gasteiger charge is 2.23. The topological polar surface area (TPSA) is 62.3 Å². The van der Waals surface area contributed by atoms with E-state index >= 15 is 0 Å². The summed E-state index contributed by atoms with van der Waals surface area (Å²) < 4.78 is 27.5. The maximum absolute atomic E-state index is 12.3. The molecule has 2 heterocycles. The van der Waals surface area contributed by atoms with Crippen LogP contribution in [-0.4, -0.2) is 37.9 Å². The van der Waals surface area contributed by atoms with E-state index in [0.717, 1.165) is 48.7 Å². The van der Waals surface area contributed by atoms with Gasteiger partial charge in [0.15, 0.2) is 0 Å². The summed E-state index contributed by atoms with van der Waals surface area (Å²) in [6, 6.07) is 9.33. The average molecular weight is 408 g/mol. The zero-order valence-corrected chi connectivity index (χ0v) is 17.7. The highest BCUT2D eigenvalue weighted by atomic mass is 32.2. The Bertz CT molecular complexity index is 819. The Morgan fingerprint density at radius 1 is 1.30 bits per heavy atom. The van der Waals surface area contributed by atoms with E-state index in [1.165, 1.54) is 0 Å². The summed E-state index contributed by atoms with van der Waals surface area (Å²) in [6.45, 7) is 7.69. The van der Waals surface area contributed by atoms with Crippen LogP contribution in [0.15, 0.2) is 35.7 Å². The van der Waals surface area contributed by atoms with Gasteiger partial charge in [0.05, 0.1) is 18.0 Å². The molecule has 1 fully saturated rings. The molecule has 0 bridgehead atoms. The van der Waals surface area contributed by atoms with Crippen LogP contribution in [-0.2, 0) is 22.3 Å². The van der Waals surface area contributed by atoms with Gasteiger partial charge in [0.1, 0.15) is 5.01 Å². The molecule has 1 aliphatic rings. The molecule has 0 amide bonds. The van der Waals surface area contributed by atoms with Gasteiger partial charge in [0.2, 0.25) is 10.0 Å². The fraction of sp³-hybridized carbons (Fsp3) is 0.550. The molecule has 5 nitrogen and oxygen atoms in total. The van der Waals surface area contributed by atoms with Crippen LogP contribution >= 0.6 is 11.3 Å². The molecule has 1 N–H and O–H groups in total. The Morgan fingerprint density at radius 2 is 2.07 bits per heavy atom. The van der Waals surface area contributed by atoms with E-state index in [9.17, 15) is 8.42 Å². The molecule has 0 aliphatic carbocycles. The third-order valence-electron chi connectivity index (χ3n) is 4.91. The van der Waals surface area contributed by atoms with E-state index < -0.39 is 10.0 Å². The molecule has 0 radical (unpaired) electrons. The predicted molar refractivity (Wildman–Crippen MR) is 111 cm³/mol. The molecular weight excluding hydrogens is 378 g/mol. The van der Waals surface area contributed by atoms with Gasteiger partial charge in [-0.2, -0.15) is 0 Å². The van der Waals surface area contributed by atoms with Gasteiger partial charge in [-0.25, -0.2) is 18.1 Å². The number of hydrogen-bond donors (Lipinski definition) is 1. The van der Waals surface area contributed by atoms with Gasteiger partial charge in [0, 0.05) is 18.5 Å². The SMILES string of the molecule is CC(C)c1csc(CN2CCC[C@@H](CNS(=O)(=O)Cc3ccccc3)C2)n1. The standard InChI is InChI=1S/C20H29N3O2S2/c1-16(2)19-14-26-20(22-19)13-23-10-6-9-18(12-23)11-21-27(24,25)15-17-7-4-3-5-8-17/h3-5,7-8,14,16,18,21H,6,9-13,15H2,1-2H3/t18-/m0/s1. The van der Waals surface area contributed by atoms with Gasteiger partial charge in [0.25, 0.3) is 0 Å². The van der Waals surface area contributed by atoms with Crippen molar-refractivity contribution in [3.8, 4) is 0 Å². The molecule has 1 saturated heterocycles. The van der Waals surface area contributed by atoms with Gasteiger partial charge >= 0.3 is 0 Å². The number of nitrogens with zero attached hydrogens (tertiary/aromatic N) is 2. The summed E-state index contributed by atoms with van der Waals surface area (Å²) in [5.74, 6) is 0.860. The smallest absolute Gasteiger partial charge is 0.215 e. The van der Waals surface area contributed by atoms with Gasteiger partial charge in [-0.3, -0.25) is 4.90 Å². The largest absolute Gasteiger partial charge is 0.296 e. The lowest BCUT2D eigenvalue weighted by molar-refractivity contribution is 0.168. The summed E-state index contributed by atoms with van der Waals surface area (Å²) in [6.07, 6.45) is 2.17. The number of nitrogens with one attached hydrogen (secondary N) is 1. The lowest BCUT2D eigenvalue weighted by Gasteiger charge is -2.32. The van der Waals surface area contributed by atoms with E-state index in [1.807, 2.05) is 30.3 Å². The average Bonchev–Trinajstić information content (AvgIpc) is 3.10. The molecule has 27 heavy (non-hydrogen) atoms. The Balaban J connectivity index is 1.49. The zero-order valence-electron chi connectivity index (χ0n) is 16.1. The van der Waals surface area contributed by atoms with Crippen LogP contribution in [0.25, 0.3) is 0 Å². The van der Waals surface area contributed by atoms with Gasteiger partial charge in [-0.15, -0.1) is 11.3 Å². The summed E-state index contributed by atoms with van der Waals surface area (Å²) in [5.41, 5.74) is 1.98. The van der Waals surface area contributed by atoms with Crippen LogP contribution in [0.5, 0.6) is 0 Å². The van der Waals surface area contributed by atoms with Gasteiger partial charge in [-0.1, -0.05) is 44.2 Å². The minimum absolute atomic E-state index is 0.0430. The van der Waals surface area contributed by atoms with Crippen molar-refractivity contribution in [2.24, 2.45) is 5.92 Å². The summed E-state index contributed by atoms with van der Waals surface area (Å²) in [7, 11) is -3.30. The number of likely N-dealkylation sites (tertiary alicyclic amines) is 1. The van der Waals surface area contributed by atoms with Crippen molar-refractivity contribution >= 4 is 21.4 Å². The van der Waals surface area contributed by atoms with Crippen molar-refractivity contribution in [2.45, 2.75) is 44.9 Å². The van der Waals surface area contributed by atoms with E-state index in [0.29, 0.717) is 18.4 Å². The second-order valence-corrected chi connectivity index (χ2v) is 10.4. The number of aromatic nitrogens is 1. The lowest BCUT2D eigenvalue weighted by Crippen LogP contribution is -2.40. The Morgan fingerprint density at radius 3 is 2.78 bits per heavy atom. The van der Waals surface area contributed by atoms with Crippen molar-refractivity contribution < 1.29 is 8.42 Å². The third-order valence-corrected chi connectivity index (χ3v) is 7.09. The quantitative estimate of drug-likeness (QED) is 0.726. The van der Waals surface area contributed by atoms with E-state index in [2.05, 4.69) is 28.8 Å². The van der Waals surface area contributed by atoms with Crippen molar-refractivity contribution in [1.29, 1.82) is 0 Å². The molecule has 0 spiro atoms. The van der Waals surface area contributed by atoms with E-state index in [1.54, 1.807) is 11.3 Å². The van der Waals surface area contributed by atoms with E-state index in [-0.39, 0.29) is 5.75 Å². The maximum Gasteiger partial charge on any atom is 0.215 e. The maximum atomic E-state index is 12.3. The fourth-order valence-corrected chi connectivity index (χ4v) is 5.63. The first kappa shape index (κ1) is 20.5. The van der Waals surface area contributed by atoms with Crippen LogP contribution in [0.3, 0.4) is 0 Å². The van der Waals surface area contributed by atoms with Crippen LogP contribution in [0.1, 0.15) is 48.9 Å². The first-order valence-corrected chi connectivity index (χ1v) is 12.1. The van der Waals surface area contributed by atoms with Crippen LogP contribution in [0.2, 0.25) is 0 Å². The first-order chi connectivity index (χ1) is 12.9. The predicted octanol–water partition coefficient (Wildman–Crippen LogP) is 3.60. The molecule has 3 rings (SSSR count). The Hall–Kier alpha value is -1.28. The number of piperidine rings is 1. The van der Waals surface area contributed by atoms with Crippen molar-refractivity contribution in [1.82, 2.24) is 14.6 Å². The first-order valence-electron chi connectivity index (χ1n) is 9.59. The Labute approximate surface area is 166 Å². The number of hydrogen-bond acceptors (Lipinski definition) is 5. The molecule has 1 aliphatic heterocycles. The molecular formula is C20H29N3O2S2. The summed E-state index contributed by atoms with van der Waals surface area (Å²) in [4.78, 5) is 7.13. The molecule has 7 heteroatoms. The number of thiazole rings is 1. The van der Waals surface area contributed by atoms with Crippen LogP contribution < -0.4 is 4.72 Å². The molecule has 148 valence electrons. The van der Waals surface area contributed by atoms with Crippen LogP contribution in [0.4, 0.5) is 0 Å². The molecule has 2 aromatic rings. The molecule has 0 saturated carbocycles. The number of benzene rings is 1. The Kier molecular flexibility index (Phi) is 7.03. The fourth-order valence-electron chi connectivity index (χ4n) is 3.41. The third kappa shape index (κ3) is 6.38. The summed E-state index contributed by atoms with van der Waals surface area (Å²) >= 11 is 1.73. The highest BCUT2D eigenvalue weighted by Crippen LogP contribution is 2.22. The number of sulfonamides is 1. The second kappa shape index (κ2) is 9.28. The normalized spacial score (nSPS) is 18.9. The minimum atomic E-state index is -3.30. The van der Waals surface area contributed by atoms with Crippen molar-refractivity contribution in [3.05, 3.63) is 52.0 Å². The van der Waals surface area contributed by atoms with E-state index in [4.69, 9.17) is 4.98 Å². The number of rotatable bonds is 8. The monoisotopic (exact) mass is 407 g/mol. The minimum Gasteiger partial charge on any atom is -0.296 e. The zero-order chi connectivity index (χ0) is 19.3. The van der Waals surface area contributed by atoms with Crippen molar-refractivity contribution in [2.75, 3.05) is 19.6 Å². The van der Waals surface area contributed by atoms with Gasteiger partial charge < -0.3 is 0 Å². The van der Waals surface area contributed by atoms with Crippen LogP contribution in [0, 0.1) is 5.92 Å². The molecule has 1 atom stereocenters. The van der Waals surface area contributed by atoms with Gasteiger partial charge in [-0.05, 0) is 36.8 Å². The molecule has 1 aromatic carbocycles. The highest BCUT2D eigenvalue weighted by molar-refractivity contribution is 7.88. The lowest BCUT2D eigenvalue weighted by atomic mass is 9.98. The summed E-state index contributed by atoms with van der Waals surface area (Å²) in [5, 5.41) is 3.31. The molecule has 1 aromatic heterocycles.